The monoisotopic (exact) mass is 460 g/mol. The molecule has 0 saturated heterocycles. The van der Waals surface area contributed by atoms with Gasteiger partial charge >= 0.3 is 0 Å². The number of rotatable bonds is 5. The number of nitrogens with one attached hydrogen (secondary N) is 3. The van der Waals surface area contributed by atoms with Crippen LogP contribution >= 0.6 is 28.3 Å². The summed E-state index contributed by atoms with van der Waals surface area (Å²) in [7, 11) is 3.24. The van der Waals surface area contributed by atoms with Crippen LogP contribution in [0, 0.1) is 5.41 Å². The van der Waals surface area contributed by atoms with Crippen LogP contribution in [-0.2, 0) is 13.0 Å². The molecule has 3 N–H and O–H groups in total. The summed E-state index contributed by atoms with van der Waals surface area (Å²) in [5.41, 5.74) is 4.39. The molecule has 0 spiro atoms. The molecule has 0 aliphatic heterocycles. The van der Waals surface area contributed by atoms with Crippen molar-refractivity contribution in [3.63, 3.8) is 0 Å². The first kappa shape index (κ1) is 20.2. The number of halogens is 1. The zero-order valence-electron chi connectivity index (χ0n) is 15.5. The van der Waals surface area contributed by atoms with Gasteiger partial charge in [0.25, 0.3) is 0 Å². The van der Waals surface area contributed by atoms with E-state index in [1.807, 2.05) is 24.3 Å². The molecule has 0 atom stereocenters. The van der Waals surface area contributed by atoms with Gasteiger partial charge in [0, 0.05) is 16.9 Å². The van der Waals surface area contributed by atoms with Gasteiger partial charge in [-0.1, -0.05) is 30.3 Å². The number of nitrogens with zero attached hydrogens (tertiary/aromatic N) is 1. The molecule has 0 saturated carbocycles. The first-order valence-electron chi connectivity index (χ1n) is 8.57. The number of ether oxygens (including phenoxy) is 2. The molecule has 3 aromatic rings. The van der Waals surface area contributed by atoms with Crippen LogP contribution in [0.4, 0.5) is 5.13 Å². The van der Waals surface area contributed by atoms with Gasteiger partial charge in [0.2, 0.25) is 0 Å². The summed E-state index contributed by atoms with van der Waals surface area (Å²) in [6.45, 7) is 0.410. The van der Waals surface area contributed by atoms with Crippen molar-refractivity contribution < 1.29 is 9.47 Å². The lowest BCUT2D eigenvalue weighted by Gasteiger charge is -2.14. The van der Waals surface area contributed by atoms with E-state index in [0.717, 1.165) is 34.3 Å². The molecule has 0 fully saturated rings. The van der Waals surface area contributed by atoms with E-state index in [2.05, 4.69) is 33.8 Å². The van der Waals surface area contributed by atoms with E-state index in [9.17, 15) is 0 Å². The summed E-state index contributed by atoms with van der Waals surface area (Å²) in [5.74, 6) is 1.63. The minimum absolute atomic E-state index is 0. The minimum atomic E-state index is 0. The van der Waals surface area contributed by atoms with E-state index < -0.39 is 0 Å². The molecule has 146 valence electrons. The number of aromatic nitrogens is 1. The Balaban J connectivity index is 0.00000225. The molecule has 0 bridgehead atoms. The molecule has 28 heavy (non-hydrogen) atoms. The first-order valence-corrected chi connectivity index (χ1v) is 9.38. The number of anilines is 1. The van der Waals surface area contributed by atoms with Gasteiger partial charge in [-0.3, -0.25) is 5.41 Å². The standard InChI is InChI=1S/C20H20N4O2S.BrH/c1-25-15-8-5-9-16(26-2)14(15)11-22-19(21)24-20-23-18-13-7-4-3-6-12(13)10-17(18)27-20;/h3-9H,10-11H2,1-2H3,(H3,21,22,23,24);1H. The highest BCUT2D eigenvalue weighted by Gasteiger charge is 2.23. The predicted molar refractivity (Wildman–Crippen MR) is 118 cm³/mol. The van der Waals surface area contributed by atoms with Gasteiger partial charge < -0.3 is 20.1 Å². The quantitative estimate of drug-likeness (QED) is 0.303. The minimum Gasteiger partial charge on any atom is -0.496 e. The number of benzene rings is 2. The zero-order chi connectivity index (χ0) is 18.8. The normalized spacial score (nSPS) is 11.1. The van der Waals surface area contributed by atoms with E-state index in [1.165, 1.54) is 16.0 Å². The molecule has 0 unspecified atom stereocenters. The van der Waals surface area contributed by atoms with Gasteiger partial charge in [0.05, 0.1) is 32.0 Å². The summed E-state index contributed by atoms with van der Waals surface area (Å²) >= 11 is 1.59. The third kappa shape index (κ3) is 3.83. The van der Waals surface area contributed by atoms with Gasteiger partial charge in [-0.15, -0.1) is 28.3 Å². The fraction of sp³-hybridized carbons (Fsp3) is 0.200. The SMILES string of the molecule is Br.COc1cccc(OC)c1CNC(=N)Nc1nc2c(s1)Cc1ccccc1-2. The number of hydrogen-bond acceptors (Lipinski definition) is 5. The van der Waals surface area contributed by atoms with Crippen molar-refractivity contribution in [2.75, 3.05) is 19.5 Å². The van der Waals surface area contributed by atoms with Crippen molar-refractivity contribution in [1.29, 1.82) is 5.41 Å². The lowest BCUT2D eigenvalue weighted by atomic mass is 10.1. The summed E-state index contributed by atoms with van der Waals surface area (Å²) in [6, 6.07) is 14.0. The number of hydrogen-bond donors (Lipinski definition) is 3. The van der Waals surface area contributed by atoms with Crippen molar-refractivity contribution in [3.8, 4) is 22.8 Å². The smallest absolute Gasteiger partial charge is 0.195 e. The Labute approximate surface area is 178 Å². The molecule has 6 nitrogen and oxygen atoms in total. The molecule has 8 heteroatoms. The Bertz CT molecular complexity index is 983. The van der Waals surface area contributed by atoms with Gasteiger partial charge in [0.1, 0.15) is 11.5 Å². The summed E-state index contributed by atoms with van der Waals surface area (Å²) in [4.78, 5) is 5.91. The number of thiazole rings is 1. The molecular weight excluding hydrogens is 440 g/mol. The van der Waals surface area contributed by atoms with Crippen molar-refractivity contribution in [2.24, 2.45) is 0 Å². The van der Waals surface area contributed by atoms with Crippen LogP contribution in [0.5, 0.6) is 11.5 Å². The maximum Gasteiger partial charge on any atom is 0.195 e. The van der Waals surface area contributed by atoms with E-state index in [0.29, 0.717) is 6.54 Å². The molecule has 0 amide bonds. The van der Waals surface area contributed by atoms with Crippen molar-refractivity contribution in [3.05, 3.63) is 58.5 Å². The highest BCUT2D eigenvalue weighted by Crippen LogP contribution is 2.40. The highest BCUT2D eigenvalue weighted by atomic mass is 79.9. The maximum absolute atomic E-state index is 8.19. The fourth-order valence-corrected chi connectivity index (χ4v) is 4.25. The predicted octanol–water partition coefficient (Wildman–Crippen LogP) is 4.45. The Kier molecular flexibility index (Phi) is 6.21. The number of guanidine groups is 1. The van der Waals surface area contributed by atoms with Crippen molar-refractivity contribution >= 4 is 39.4 Å². The second-order valence-corrected chi connectivity index (χ2v) is 7.20. The average Bonchev–Trinajstić information content (AvgIpc) is 3.23. The average molecular weight is 461 g/mol. The first-order chi connectivity index (χ1) is 13.2. The van der Waals surface area contributed by atoms with E-state index in [4.69, 9.17) is 14.9 Å². The van der Waals surface area contributed by atoms with Crippen LogP contribution < -0.4 is 20.1 Å². The Morgan fingerprint density at radius 2 is 1.82 bits per heavy atom. The van der Waals surface area contributed by atoms with Crippen molar-refractivity contribution in [1.82, 2.24) is 10.3 Å². The molecule has 0 radical (unpaired) electrons. The van der Waals surface area contributed by atoms with E-state index >= 15 is 0 Å². The topological polar surface area (TPSA) is 79.3 Å². The largest absolute Gasteiger partial charge is 0.496 e. The van der Waals surface area contributed by atoms with Gasteiger partial charge in [-0.05, 0) is 17.7 Å². The summed E-state index contributed by atoms with van der Waals surface area (Å²) < 4.78 is 10.8. The fourth-order valence-electron chi connectivity index (χ4n) is 3.24. The molecule has 1 heterocycles. The van der Waals surface area contributed by atoms with E-state index in [-0.39, 0.29) is 22.9 Å². The van der Waals surface area contributed by atoms with Crippen molar-refractivity contribution in [2.45, 2.75) is 13.0 Å². The molecule has 1 aliphatic carbocycles. The molecular formula is C20H21BrN4O2S. The third-order valence-electron chi connectivity index (χ3n) is 4.52. The van der Waals surface area contributed by atoms with Gasteiger partial charge in [-0.2, -0.15) is 0 Å². The lowest BCUT2D eigenvalue weighted by Crippen LogP contribution is -2.29. The van der Waals surface area contributed by atoms with Crippen LogP contribution in [0.3, 0.4) is 0 Å². The molecule has 4 rings (SSSR count). The van der Waals surface area contributed by atoms with Gasteiger partial charge in [-0.25, -0.2) is 4.98 Å². The maximum atomic E-state index is 8.19. The van der Waals surface area contributed by atoms with E-state index in [1.54, 1.807) is 25.6 Å². The third-order valence-corrected chi connectivity index (χ3v) is 5.50. The molecule has 2 aromatic carbocycles. The second kappa shape index (κ2) is 8.62. The summed E-state index contributed by atoms with van der Waals surface area (Å²) in [5, 5.41) is 15.0. The Hall–Kier alpha value is -2.58. The number of fused-ring (bicyclic) bond motifs is 3. The lowest BCUT2D eigenvalue weighted by molar-refractivity contribution is 0.384. The Morgan fingerprint density at radius 1 is 1.11 bits per heavy atom. The van der Waals surface area contributed by atoms with Crippen LogP contribution in [0.25, 0.3) is 11.3 Å². The molecule has 1 aromatic heterocycles. The van der Waals surface area contributed by atoms with Crippen LogP contribution in [0.2, 0.25) is 0 Å². The summed E-state index contributed by atoms with van der Waals surface area (Å²) in [6.07, 6.45) is 0.907. The van der Waals surface area contributed by atoms with Gasteiger partial charge in [0.15, 0.2) is 11.1 Å². The van der Waals surface area contributed by atoms with Crippen LogP contribution in [0.15, 0.2) is 42.5 Å². The van der Waals surface area contributed by atoms with Crippen LogP contribution in [-0.4, -0.2) is 25.2 Å². The van der Waals surface area contributed by atoms with Crippen LogP contribution in [0.1, 0.15) is 16.0 Å². The number of methoxy groups -OCH3 is 2. The second-order valence-electron chi connectivity index (χ2n) is 6.12. The highest BCUT2D eigenvalue weighted by molar-refractivity contribution is 8.93. The Morgan fingerprint density at radius 3 is 2.54 bits per heavy atom. The molecule has 1 aliphatic rings. The zero-order valence-corrected chi connectivity index (χ0v) is 18.1.